The molecule has 1 rings (SSSR count). The first kappa shape index (κ1) is 11.7. The summed E-state index contributed by atoms with van der Waals surface area (Å²) in [5.41, 5.74) is 0.946. The lowest BCUT2D eigenvalue weighted by atomic mass is 10.1. The fraction of sp³-hybridized carbons (Fsp3) is 0.455. The fourth-order valence-electron chi connectivity index (χ4n) is 1.15. The lowest BCUT2D eigenvalue weighted by Crippen LogP contribution is -2.27. The lowest BCUT2D eigenvalue weighted by molar-refractivity contribution is 0.171. The van der Waals surface area contributed by atoms with E-state index in [1.54, 1.807) is 0 Å². The second-order valence-corrected chi connectivity index (χ2v) is 4.55. The van der Waals surface area contributed by atoms with Crippen LogP contribution in [0, 0.1) is 0 Å². The van der Waals surface area contributed by atoms with Crippen LogP contribution in [0.2, 0.25) is 0 Å². The van der Waals surface area contributed by atoms with Gasteiger partial charge in [0, 0.05) is 17.1 Å². The standard InChI is InChI=1S/C11H16BrNO/c1-8(2)13-7-11(14)9-3-5-10(12)6-4-9/h3-6,8,11,13-14H,7H2,1-2H3. The smallest absolute Gasteiger partial charge is 0.0914 e. The minimum Gasteiger partial charge on any atom is -0.387 e. The number of hydrogen-bond acceptors (Lipinski definition) is 2. The number of benzene rings is 1. The molecule has 3 heteroatoms. The van der Waals surface area contributed by atoms with E-state index in [9.17, 15) is 5.11 Å². The average molecular weight is 258 g/mol. The Kier molecular flexibility index (Phi) is 4.58. The van der Waals surface area contributed by atoms with Crippen LogP contribution in [0.25, 0.3) is 0 Å². The second kappa shape index (κ2) is 5.49. The van der Waals surface area contributed by atoms with E-state index < -0.39 is 6.10 Å². The molecule has 0 spiro atoms. The van der Waals surface area contributed by atoms with Gasteiger partial charge in [0.15, 0.2) is 0 Å². The summed E-state index contributed by atoms with van der Waals surface area (Å²) in [5, 5.41) is 13.0. The van der Waals surface area contributed by atoms with Gasteiger partial charge in [-0.05, 0) is 17.7 Å². The molecule has 0 saturated carbocycles. The molecule has 0 fully saturated rings. The summed E-state index contributed by atoms with van der Waals surface area (Å²) in [7, 11) is 0. The third kappa shape index (κ3) is 3.78. The first-order valence-corrected chi connectivity index (χ1v) is 5.56. The minimum atomic E-state index is -0.425. The first-order chi connectivity index (χ1) is 6.59. The van der Waals surface area contributed by atoms with Crippen molar-refractivity contribution in [1.82, 2.24) is 5.32 Å². The summed E-state index contributed by atoms with van der Waals surface area (Å²) in [4.78, 5) is 0. The number of rotatable bonds is 4. The molecule has 0 amide bonds. The maximum Gasteiger partial charge on any atom is 0.0914 e. The summed E-state index contributed by atoms with van der Waals surface area (Å²) in [6.07, 6.45) is -0.425. The van der Waals surface area contributed by atoms with Crippen molar-refractivity contribution in [2.75, 3.05) is 6.54 Å². The zero-order valence-electron chi connectivity index (χ0n) is 8.50. The Bertz CT molecular complexity index is 271. The zero-order valence-corrected chi connectivity index (χ0v) is 10.1. The van der Waals surface area contributed by atoms with Crippen LogP contribution in [0.1, 0.15) is 25.5 Å². The van der Waals surface area contributed by atoms with Gasteiger partial charge in [-0.25, -0.2) is 0 Å². The van der Waals surface area contributed by atoms with E-state index in [1.165, 1.54) is 0 Å². The molecule has 1 atom stereocenters. The van der Waals surface area contributed by atoms with Crippen molar-refractivity contribution >= 4 is 15.9 Å². The van der Waals surface area contributed by atoms with E-state index in [2.05, 4.69) is 35.1 Å². The maximum absolute atomic E-state index is 9.78. The largest absolute Gasteiger partial charge is 0.387 e. The molecule has 78 valence electrons. The van der Waals surface area contributed by atoms with Gasteiger partial charge in [-0.15, -0.1) is 0 Å². The van der Waals surface area contributed by atoms with E-state index in [1.807, 2.05) is 24.3 Å². The third-order valence-electron chi connectivity index (χ3n) is 1.97. The Balaban J connectivity index is 2.52. The highest BCUT2D eigenvalue weighted by Crippen LogP contribution is 2.16. The Morgan fingerprint density at radius 2 is 1.86 bits per heavy atom. The predicted molar refractivity (Wildman–Crippen MR) is 62.2 cm³/mol. The van der Waals surface area contributed by atoms with Gasteiger partial charge in [-0.1, -0.05) is 41.9 Å². The number of aliphatic hydroxyl groups excluding tert-OH is 1. The van der Waals surface area contributed by atoms with Gasteiger partial charge < -0.3 is 10.4 Å². The van der Waals surface area contributed by atoms with Crippen LogP contribution < -0.4 is 5.32 Å². The molecule has 0 bridgehead atoms. The molecule has 0 saturated heterocycles. The highest BCUT2D eigenvalue weighted by atomic mass is 79.9. The highest BCUT2D eigenvalue weighted by Gasteiger charge is 2.06. The Labute approximate surface area is 93.5 Å². The number of halogens is 1. The van der Waals surface area contributed by atoms with Gasteiger partial charge in [0.2, 0.25) is 0 Å². The first-order valence-electron chi connectivity index (χ1n) is 4.76. The minimum absolute atomic E-state index is 0.403. The Morgan fingerprint density at radius 3 is 2.36 bits per heavy atom. The van der Waals surface area contributed by atoms with Crippen molar-refractivity contribution in [3.05, 3.63) is 34.3 Å². The molecule has 0 aliphatic rings. The monoisotopic (exact) mass is 257 g/mol. The van der Waals surface area contributed by atoms with Crippen LogP contribution >= 0.6 is 15.9 Å². The van der Waals surface area contributed by atoms with Gasteiger partial charge in [0.05, 0.1) is 6.10 Å². The molecule has 2 nitrogen and oxygen atoms in total. The normalized spacial score (nSPS) is 13.2. The summed E-state index contributed by atoms with van der Waals surface area (Å²) in [6, 6.07) is 8.13. The molecule has 1 aromatic carbocycles. The van der Waals surface area contributed by atoms with Crippen molar-refractivity contribution in [3.8, 4) is 0 Å². The van der Waals surface area contributed by atoms with E-state index in [0.717, 1.165) is 10.0 Å². The van der Waals surface area contributed by atoms with Gasteiger partial charge in [-0.3, -0.25) is 0 Å². The lowest BCUT2D eigenvalue weighted by Gasteiger charge is -2.14. The number of aliphatic hydroxyl groups is 1. The van der Waals surface area contributed by atoms with Crippen molar-refractivity contribution in [3.63, 3.8) is 0 Å². The molecule has 14 heavy (non-hydrogen) atoms. The number of nitrogens with one attached hydrogen (secondary N) is 1. The van der Waals surface area contributed by atoms with Crippen molar-refractivity contribution in [2.45, 2.75) is 26.0 Å². The van der Waals surface area contributed by atoms with Crippen LogP contribution in [-0.4, -0.2) is 17.7 Å². The predicted octanol–water partition coefficient (Wildman–Crippen LogP) is 2.48. The van der Waals surface area contributed by atoms with Crippen molar-refractivity contribution in [1.29, 1.82) is 0 Å². The molecule has 0 aromatic heterocycles. The van der Waals surface area contributed by atoms with E-state index in [0.29, 0.717) is 12.6 Å². The van der Waals surface area contributed by atoms with Crippen LogP contribution in [-0.2, 0) is 0 Å². The molecule has 1 unspecified atom stereocenters. The molecule has 0 aliphatic heterocycles. The second-order valence-electron chi connectivity index (χ2n) is 3.63. The van der Waals surface area contributed by atoms with Gasteiger partial charge in [0.1, 0.15) is 0 Å². The van der Waals surface area contributed by atoms with E-state index >= 15 is 0 Å². The van der Waals surface area contributed by atoms with Crippen molar-refractivity contribution in [2.24, 2.45) is 0 Å². The zero-order chi connectivity index (χ0) is 10.6. The molecule has 0 heterocycles. The maximum atomic E-state index is 9.78. The van der Waals surface area contributed by atoms with Crippen molar-refractivity contribution < 1.29 is 5.11 Å². The molecule has 2 N–H and O–H groups in total. The van der Waals surface area contributed by atoms with Crippen LogP contribution in [0.3, 0.4) is 0 Å². The molecular weight excluding hydrogens is 242 g/mol. The molecule has 0 radical (unpaired) electrons. The Morgan fingerprint density at radius 1 is 1.29 bits per heavy atom. The molecular formula is C11H16BrNO. The molecule has 1 aromatic rings. The van der Waals surface area contributed by atoms with Gasteiger partial charge in [-0.2, -0.15) is 0 Å². The SMILES string of the molecule is CC(C)NCC(O)c1ccc(Br)cc1. The van der Waals surface area contributed by atoms with E-state index in [-0.39, 0.29) is 0 Å². The summed E-state index contributed by atoms with van der Waals surface area (Å²) < 4.78 is 1.03. The summed E-state index contributed by atoms with van der Waals surface area (Å²) in [6.45, 7) is 4.72. The highest BCUT2D eigenvalue weighted by molar-refractivity contribution is 9.10. The van der Waals surface area contributed by atoms with E-state index in [4.69, 9.17) is 0 Å². The topological polar surface area (TPSA) is 32.3 Å². The summed E-state index contributed by atoms with van der Waals surface area (Å²) in [5.74, 6) is 0. The summed E-state index contributed by atoms with van der Waals surface area (Å²) >= 11 is 3.36. The number of hydrogen-bond donors (Lipinski definition) is 2. The van der Waals surface area contributed by atoms with Gasteiger partial charge in [0.25, 0.3) is 0 Å². The Hall–Kier alpha value is -0.380. The quantitative estimate of drug-likeness (QED) is 0.869. The van der Waals surface area contributed by atoms with Crippen LogP contribution in [0.4, 0.5) is 0 Å². The molecule has 0 aliphatic carbocycles. The van der Waals surface area contributed by atoms with Crippen LogP contribution in [0.15, 0.2) is 28.7 Å². The van der Waals surface area contributed by atoms with Gasteiger partial charge >= 0.3 is 0 Å². The van der Waals surface area contributed by atoms with Crippen LogP contribution in [0.5, 0.6) is 0 Å². The third-order valence-corrected chi connectivity index (χ3v) is 2.50. The fourth-order valence-corrected chi connectivity index (χ4v) is 1.41. The average Bonchev–Trinajstić information content (AvgIpc) is 2.15.